The Morgan fingerprint density at radius 1 is 1.47 bits per heavy atom. The number of nitrogens with zero attached hydrogens (tertiary/aromatic N) is 2. The van der Waals surface area contributed by atoms with Crippen molar-refractivity contribution in [2.45, 2.75) is 19.6 Å². The molecule has 14 heteroatoms. The first-order chi connectivity index (χ1) is 14.2. The van der Waals surface area contributed by atoms with Crippen LogP contribution in [0.25, 0.3) is 0 Å². The van der Waals surface area contributed by atoms with Gasteiger partial charge >= 0.3 is 16.3 Å². The number of hydrogen-bond donors (Lipinski definition) is 5. The number of alkyl carbamates (subject to hydrolysis) is 1. The van der Waals surface area contributed by atoms with Crippen LogP contribution < -0.4 is 25.0 Å². The highest BCUT2D eigenvalue weighted by molar-refractivity contribution is 7.92. The van der Waals surface area contributed by atoms with E-state index in [1.165, 1.54) is 6.07 Å². The van der Waals surface area contributed by atoms with Gasteiger partial charge in [-0.1, -0.05) is 0 Å². The van der Waals surface area contributed by atoms with Gasteiger partial charge in [0.1, 0.15) is 24.1 Å². The van der Waals surface area contributed by atoms with Crippen LogP contribution in [-0.4, -0.2) is 63.8 Å². The van der Waals surface area contributed by atoms with Crippen molar-refractivity contribution in [2.24, 2.45) is 4.99 Å². The maximum atomic E-state index is 14.5. The van der Waals surface area contributed by atoms with Crippen LogP contribution in [0.2, 0.25) is 0 Å². The van der Waals surface area contributed by atoms with E-state index in [9.17, 15) is 27.5 Å². The molecular weight excluding hydrogens is 423 g/mol. The van der Waals surface area contributed by atoms with Crippen molar-refractivity contribution in [1.82, 2.24) is 20.7 Å². The molecule has 1 fully saturated rings. The van der Waals surface area contributed by atoms with Crippen LogP contribution in [0.15, 0.2) is 17.1 Å². The molecule has 1 atom stereocenters. The zero-order valence-corrected chi connectivity index (χ0v) is 16.8. The predicted molar refractivity (Wildman–Crippen MR) is 104 cm³/mol. The van der Waals surface area contributed by atoms with E-state index in [1.54, 1.807) is 11.6 Å². The normalized spacial score (nSPS) is 20.1. The molecular formula is C16H21FN6O6S. The first-order valence-electron chi connectivity index (χ1n) is 9.01. The molecule has 164 valence electrons. The number of ether oxygens (including phenoxy) is 1. The number of aliphatic imine (C=N–C) groups is 1. The van der Waals surface area contributed by atoms with Gasteiger partial charge in [0.2, 0.25) is 0 Å². The maximum Gasteiger partial charge on any atom is 0.407 e. The molecule has 0 radical (unpaired) electrons. The number of amides is 2. The molecule has 30 heavy (non-hydrogen) atoms. The Kier molecular flexibility index (Phi) is 6.14. The first kappa shape index (κ1) is 21.4. The van der Waals surface area contributed by atoms with Gasteiger partial charge in [0.15, 0.2) is 11.8 Å². The Labute approximate surface area is 171 Å². The number of halogens is 1. The van der Waals surface area contributed by atoms with Crippen molar-refractivity contribution in [2.75, 3.05) is 30.5 Å². The lowest BCUT2D eigenvalue weighted by molar-refractivity contribution is -0.117. The second-order valence-corrected chi connectivity index (χ2v) is 8.06. The summed E-state index contributed by atoms with van der Waals surface area (Å²) < 4.78 is 45.6. The summed E-state index contributed by atoms with van der Waals surface area (Å²) in [6, 6.07) is 2.23. The highest BCUT2D eigenvalue weighted by Crippen LogP contribution is 2.34. The number of hydrogen-bond acceptors (Lipinski definition) is 9. The molecule has 2 amide bonds. The second-order valence-electron chi connectivity index (χ2n) is 6.46. The third-order valence-corrected chi connectivity index (χ3v) is 5.56. The molecule has 0 aromatic heterocycles. The molecule has 2 heterocycles. The van der Waals surface area contributed by atoms with E-state index >= 15 is 0 Å². The van der Waals surface area contributed by atoms with Crippen LogP contribution in [0.5, 0.6) is 5.75 Å². The largest absolute Gasteiger partial charge is 0.506 e. The standard InChI is InChI=1S/C16H21FN6O6S/c1-2-18-16(26)29-10-6-20-15(21-7-10)19-5-9-3-11(17)14(12(24)4-9)23-8-13(25)22-30(23,27)28/h3-4,10,24H,2,5-8H2,1H3,(H,18,26)(H,22,25)(H2,19,20,21). The lowest BCUT2D eigenvalue weighted by Crippen LogP contribution is -2.48. The van der Waals surface area contributed by atoms with Gasteiger partial charge in [0.25, 0.3) is 5.91 Å². The Hall–Kier alpha value is -3.29. The minimum absolute atomic E-state index is 0.0718. The van der Waals surface area contributed by atoms with Crippen molar-refractivity contribution in [3.8, 4) is 5.75 Å². The summed E-state index contributed by atoms with van der Waals surface area (Å²) in [6.45, 7) is 2.24. The Morgan fingerprint density at radius 2 is 2.23 bits per heavy atom. The predicted octanol–water partition coefficient (Wildman–Crippen LogP) is -1.12. The van der Waals surface area contributed by atoms with E-state index in [0.29, 0.717) is 28.9 Å². The molecule has 0 spiro atoms. The quantitative estimate of drug-likeness (QED) is 0.381. The molecule has 0 aliphatic carbocycles. The summed E-state index contributed by atoms with van der Waals surface area (Å²) in [7, 11) is -4.25. The Bertz CT molecular complexity index is 961. The summed E-state index contributed by atoms with van der Waals surface area (Å²) in [5.41, 5.74) is -0.287. The Balaban J connectivity index is 1.62. The lowest BCUT2D eigenvalue weighted by Gasteiger charge is -2.24. The molecule has 0 bridgehead atoms. The Morgan fingerprint density at radius 3 is 2.80 bits per heavy atom. The minimum Gasteiger partial charge on any atom is -0.506 e. The average molecular weight is 444 g/mol. The summed E-state index contributed by atoms with van der Waals surface area (Å²) in [5, 5.41) is 18.5. The fraction of sp³-hybridized carbons (Fsp3) is 0.438. The number of aromatic hydroxyl groups is 1. The SMILES string of the molecule is CCNC(=O)OC1CN=C(NCc2cc(O)c(N3CC(=O)NS3(=O)=O)c(F)c2)NC1. The summed E-state index contributed by atoms with van der Waals surface area (Å²) in [5.74, 6) is -2.05. The average Bonchev–Trinajstić information content (AvgIpc) is 2.93. The monoisotopic (exact) mass is 444 g/mol. The van der Waals surface area contributed by atoms with Crippen molar-refractivity contribution in [1.29, 1.82) is 0 Å². The van der Waals surface area contributed by atoms with Gasteiger partial charge in [-0.05, 0) is 24.6 Å². The van der Waals surface area contributed by atoms with Crippen LogP contribution in [0.4, 0.5) is 14.9 Å². The van der Waals surface area contributed by atoms with E-state index in [0.717, 1.165) is 6.07 Å². The molecule has 12 nitrogen and oxygen atoms in total. The smallest absolute Gasteiger partial charge is 0.407 e. The molecule has 5 N–H and O–H groups in total. The van der Waals surface area contributed by atoms with Gasteiger partial charge in [0, 0.05) is 13.1 Å². The van der Waals surface area contributed by atoms with E-state index in [2.05, 4.69) is 20.9 Å². The fourth-order valence-corrected chi connectivity index (χ4v) is 4.05. The second kappa shape index (κ2) is 8.61. The van der Waals surface area contributed by atoms with E-state index in [4.69, 9.17) is 4.74 Å². The van der Waals surface area contributed by atoms with Gasteiger partial charge in [-0.2, -0.15) is 8.42 Å². The molecule has 1 saturated heterocycles. The maximum absolute atomic E-state index is 14.5. The van der Waals surface area contributed by atoms with Gasteiger partial charge < -0.3 is 25.8 Å². The molecule has 0 saturated carbocycles. The number of carbonyl (C=O) groups excluding carboxylic acids is 2. The van der Waals surface area contributed by atoms with E-state index in [-0.39, 0.29) is 13.1 Å². The van der Waals surface area contributed by atoms with Crippen LogP contribution in [-0.2, 0) is 26.3 Å². The highest BCUT2D eigenvalue weighted by atomic mass is 32.2. The number of carbonyl (C=O) groups is 2. The number of phenolic OH excluding ortho intramolecular Hbond substituents is 1. The van der Waals surface area contributed by atoms with Crippen molar-refractivity contribution < 1.29 is 32.2 Å². The van der Waals surface area contributed by atoms with Crippen molar-refractivity contribution in [3.63, 3.8) is 0 Å². The van der Waals surface area contributed by atoms with Gasteiger partial charge in [0.05, 0.1) is 13.1 Å². The summed E-state index contributed by atoms with van der Waals surface area (Å²) >= 11 is 0. The van der Waals surface area contributed by atoms with Crippen molar-refractivity contribution >= 4 is 33.9 Å². The minimum atomic E-state index is -4.25. The van der Waals surface area contributed by atoms with Gasteiger partial charge in [-0.25, -0.2) is 23.2 Å². The third-order valence-electron chi connectivity index (χ3n) is 4.18. The lowest BCUT2D eigenvalue weighted by atomic mass is 10.1. The first-order valence-corrected chi connectivity index (χ1v) is 10.4. The number of guanidine groups is 1. The fourth-order valence-electron chi connectivity index (χ4n) is 2.88. The zero-order valence-electron chi connectivity index (χ0n) is 15.9. The summed E-state index contributed by atoms with van der Waals surface area (Å²) in [4.78, 5) is 26.9. The van der Waals surface area contributed by atoms with Crippen LogP contribution >= 0.6 is 0 Å². The van der Waals surface area contributed by atoms with Crippen LogP contribution in [0, 0.1) is 5.82 Å². The number of benzene rings is 1. The van der Waals surface area contributed by atoms with E-state index < -0.39 is 52.1 Å². The number of nitrogens with one attached hydrogen (secondary N) is 4. The molecule has 1 aromatic rings. The topological polar surface area (TPSA) is 161 Å². The molecule has 1 unspecified atom stereocenters. The summed E-state index contributed by atoms with van der Waals surface area (Å²) in [6.07, 6.45) is -0.958. The molecule has 2 aliphatic rings. The van der Waals surface area contributed by atoms with Gasteiger partial charge in [-0.3, -0.25) is 4.79 Å². The number of phenols is 1. The molecule has 2 aliphatic heterocycles. The number of rotatable bonds is 5. The third kappa shape index (κ3) is 4.82. The molecule has 3 rings (SSSR count). The van der Waals surface area contributed by atoms with Crippen molar-refractivity contribution in [3.05, 3.63) is 23.5 Å². The highest BCUT2D eigenvalue weighted by Gasteiger charge is 2.37. The zero-order chi connectivity index (χ0) is 21.9. The molecule has 1 aromatic carbocycles. The van der Waals surface area contributed by atoms with Crippen LogP contribution in [0.1, 0.15) is 12.5 Å². The van der Waals surface area contributed by atoms with Crippen LogP contribution in [0.3, 0.4) is 0 Å². The van der Waals surface area contributed by atoms with E-state index in [1.807, 2.05) is 0 Å². The van der Waals surface area contributed by atoms with Gasteiger partial charge in [-0.15, -0.1) is 0 Å². The number of anilines is 1.